The molecule has 0 aliphatic heterocycles. The monoisotopic (exact) mass is 242 g/mol. The SMILES string of the molecule is CCC(CC)N(C)C(C)CCCNCC(C)C. The summed E-state index contributed by atoms with van der Waals surface area (Å²) < 4.78 is 0. The van der Waals surface area contributed by atoms with Gasteiger partial charge < -0.3 is 10.2 Å². The van der Waals surface area contributed by atoms with Crippen molar-refractivity contribution >= 4 is 0 Å². The first-order chi connectivity index (χ1) is 8.02. The minimum absolute atomic E-state index is 0.709. The van der Waals surface area contributed by atoms with Gasteiger partial charge >= 0.3 is 0 Å². The molecule has 0 saturated carbocycles. The first-order valence-electron chi connectivity index (χ1n) is 7.45. The molecule has 0 spiro atoms. The summed E-state index contributed by atoms with van der Waals surface area (Å²) in [7, 11) is 2.28. The zero-order valence-electron chi connectivity index (χ0n) is 12.9. The normalized spacial score (nSPS) is 13.9. The maximum absolute atomic E-state index is 3.52. The minimum atomic E-state index is 0.709. The van der Waals surface area contributed by atoms with Crippen LogP contribution >= 0.6 is 0 Å². The number of hydrogen-bond acceptors (Lipinski definition) is 2. The molecular formula is C15H34N2. The second-order valence-corrected chi connectivity index (χ2v) is 5.73. The van der Waals surface area contributed by atoms with Gasteiger partial charge in [0.2, 0.25) is 0 Å². The van der Waals surface area contributed by atoms with Gasteiger partial charge in [-0.25, -0.2) is 0 Å². The van der Waals surface area contributed by atoms with Gasteiger partial charge in [-0.1, -0.05) is 27.7 Å². The smallest absolute Gasteiger partial charge is 0.00897 e. The Morgan fingerprint density at radius 2 is 1.65 bits per heavy atom. The molecule has 0 aliphatic rings. The van der Waals surface area contributed by atoms with Crippen LogP contribution in [0.4, 0.5) is 0 Å². The van der Waals surface area contributed by atoms with E-state index in [-0.39, 0.29) is 0 Å². The van der Waals surface area contributed by atoms with Crippen LogP contribution in [0.5, 0.6) is 0 Å². The summed E-state index contributed by atoms with van der Waals surface area (Å²) >= 11 is 0. The van der Waals surface area contributed by atoms with E-state index >= 15 is 0 Å². The van der Waals surface area contributed by atoms with Crippen LogP contribution in [0.3, 0.4) is 0 Å². The standard InChI is InChI=1S/C15H34N2/c1-7-15(8-2)17(6)14(5)10-9-11-16-12-13(3)4/h13-16H,7-12H2,1-6H3. The van der Waals surface area contributed by atoms with Crippen LogP contribution in [0.1, 0.15) is 60.3 Å². The molecule has 0 aliphatic carbocycles. The van der Waals surface area contributed by atoms with E-state index in [0.717, 1.165) is 18.5 Å². The average molecular weight is 242 g/mol. The Labute approximate surface area is 109 Å². The molecule has 1 N–H and O–H groups in total. The van der Waals surface area contributed by atoms with E-state index in [1.54, 1.807) is 0 Å². The van der Waals surface area contributed by atoms with Gasteiger partial charge in [-0.2, -0.15) is 0 Å². The lowest BCUT2D eigenvalue weighted by molar-refractivity contribution is 0.165. The number of hydrogen-bond donors (Lipinski definition) is 1. The molecule has 0 radical (unpaired) electrons. The van der Waals surface area contributed by atoms with Crippen molar-refractivity contribution in [2.75, 3.05) is 20.1 Å². The van der Waals surface area contributed by atoms with Crippen molar-refractivity contribution in [1.82, 2.24) is 10.2 Å². The molecule has 0 aromatic heterocycles. The van der Waals surface area contributed by atoms with Crippen molar-refractivity contribution in [2.45, 2.75) is 72.4 Å². The number of nitrogens with one attached hydrogen (secondary N) is 1. The molecule has 0 rings (SSSR count). The molecule has 0 amide bonds. The van der Waals surface area contributed by atoms with Crippen LogP contribution in [0.25, 0.3) is 0 Å². The third-order valence-corrected chi connectivity index (χ3v) is 3.74. The summed E-state index contributed by atoms with van der Waals surface area (Å²) in [6, 6.07) is 1.47. The van der Waals surface area contributed by atoms with Gasteiger partial charge in [0, 0.05) is 12.1 Å². The van der Waals surface area contributed by atoms with Gasteiger partial charge in [0.25, 0.3) is 0 Å². The van der Waals surface area contributed by atoms with Crippen molar-refractivity contribution in [2.24, 2.45) is 5.92 Å². The fraction of sp³-hybridized carbons (Fsp3) is 1.00. The van der Waals surface area contributed by atoms with Gasteiger partial charge in [-0.15, -0.1) is 0 Å². The van der Waals surface area contributed by atoms with E-state index in [1.165, 1.54) is 32.2 Å². The number of rotatable bonds is 10. The minimum Gasteiger partial charge on any atom is -0.316 e. The summed E-state index contributed by atoms with van der Waals surface area (Å²) in [5.41, 5.74) is 0. The Hall–Kier alpha value is -0.0800. The quantitative estimate of drug-likeness (QED) is 0.590. The number of nitrogens with zero attached hydrogens (tertiary/aromatic N) is 1. The van der Waals surface area contributed by atoms with Crippen LogP contribution in [0.15, 0.2) is 0 Å². The predicted octanol–water partition coefficient (Wildman–Crippen LogP) is 3.52. The molecule has 0 heterocycles. The molecule has 0 aromatic rings. The second-order valence-electron chi connectivity index (χ2n) is 5.73. The molecule has 0 fully saturated rings. The van der Waals surface area contributed by atoms with Crippen molar-refractivity contribution in [3.05, 3.63) is 0 Å². The predicted molar refractivity (Wildman–Crippen MR) is 78.5 cm³/mol. The zero-order valence-corrected chi connectivity index (χ0v) is 12.9. The third kappa shape index (κ3) is 7.77. The van der Waals surface area contributed by atoms with E-state index in [9.17, 15) is 0 Å². The highest BCUT2D eigenvalue weighted by molar-refractivity contribution is 4.72. The molecule has 1 atom stereocenters. The van der Waals surface area contributed by atoms with Crippen molar-refractivity contribution in [3.8, 4) is 0 Å². The summed E-state index contributed by atoms with van der Waals surface area (Å²) in [4.78, 5) is 2.56. The van der Waals surface area contributed by atoms with Crippen LogP contribution in [-0.2, 0) is 0 Å². The van der Waals surface area contributed by atoms with Crippen LogP contribution in [0.2, 0.25) is 0 Å². The Morgan fingerprint density at radius 1 is 1.06 bits per heavy atom. The van der Waals surface area contributed by atoms with Gasteiger partial charge in [0.05, 0.1) is 0 Å². The second kappa shape index (κ2) is 9.90. The van der Waals surface area contributed by atoms with Gasteiger partial charge in [0.15, 0.2) is 0 Å². The van der Waals surface area contributed by atoms with Gasteiger partial charge in [-0.3, -0.25) is 0 Å². The molecule has 1 unspecified atom stereocenters. The molecule has 0 saturated heterocycles. The topological polar surface area (TPSA) is 15.3 Å². The summed E-state index contributed by atoms with van der Waals surface area (Å²) in [5, 5.41) is 3.52. The lowest BCUT2D eigenvalue weighted by atomic mass is 10.1. The third-order valence-electron chi connectivity index (χ3n) is 3.74. The van der Waals surface area contributed by atoms with Gasteiger partial charge in [0.1, 0.15) is 0 Å². The maximum atomic E-state index is 3.52. The fourth-order valence-corrected chi connectivity index (χ4v) is 2.34. The Morgan fingerprint density at radius 3 is 2.12 bits per heavy atom. The highest BCUT2D eigenvalue weighted by atomic mass is 15.1. The average Bonchev–Trinajstić information content (AvgIpc) is 2.29. The summed E-state index contributed by atoms with van der Waals surface area (Å²) in [6.45, 7) is 13.8. The fourth-order valence-electron chi connectivity index (χ4n) is 2.34. The van der Waals surface area contributed by atoms with E-state index in [0.29, 0.717) is 6.04 Å². The molecule has 17 heavy (non-hydrogen) atoms. The summed E-state index contributed by atoms with van der Waals surface area (Å²) in [5.74, 6) is 0.764. The van der Waals surface area contributed by atoms with Crippen molar-refractivity contribution in [1.29, 1.82) is 0 Å². The van der Waals surface area contributed by atoms with E-state index in [2.05, 4.69) is 51.9 Å². The molecule has 0 aromatic carbocycles. The molecule has 2 heteroatoms. The summed E-state index contributed by atoms with van der Waals surface area (Å²) in [6.07, 6.45) is 5.13. The maximum Gasteiger partial charge on any atom is 0.00897 e. The Balaban J connectivity index is 3.66. The van der Waals surface area contributed by atoms with Crippen LogP contribution in [0, 0.1) is 5.92 Å². The zero-order chi connectivity index (χ0) is 13.3. The first-order valence-corrected chi connectivity index (χ1v) is 7.45. The molecular weight excluding hydrogens is 208 g/mol. The first kappa shape index (κ1) is 16.9. The largest absolute Gasteiger partial charge is 0.316 e. The van der Waals surface area contributed by atoms with Crippen LogP contribution < -0.4 is 5.32 Å². The lowest BCUT2D eigenvalue weighted by Crippen LogP contribution is -2.38. The molecule has 2 nitrogen and oxygen atoms in total. The van der Waals surface area contributed by atoms with Gasteiger partial charge in [-0.05, 0) is 58.7 Å². The van der Waals surface area contributed by atoms with Crippen molar-refractivity contribution in [3.63, 3.8) is 0 Å². The molecule has 0 bridgehead atoms. The highest BCUT2D eigenvalue weighted by Gasteiger charge is 2.15. The highest BCUT2D eigenvalue weighted by Crippen LogP contribution is 2.13. The van der Waals surface area contributed by atoms with Crippen LogP contribution in [-0.4, -0.2) is 37.1 Å². The van der Waals surface area contributed by atoms with E-state index in [1.807, 2.05) is 0 Å². The lowest BCUT2D eigenvalue weighted by Gasteiger charge is -2.32. The van der Waals surface area contributed by atoms with Crippen molar-refractivity contribution < 1.29 is 0 Å². The molecule has 104 valence electrons. The Bertz CT molecular complexity index is 164. The Kier molecular flexibility index (Phi) is 9.85. The van der Waals surface area contributed by atoms with E-state index < -0.39 is 0 Å². The van der Waals surface area contributed by atoms with E-state index in [4.69, 9.17) is 0 Å².